The molecule has 0 bridgehead atoms. The van der Waals surface area contributed by atoms with Crippen LogP contribution in [0.5, 0.6) is 5.75 Å². The van der Waals surface area contributed by atoms with Crippen molar-refractivity contribution in [3.63, 3.8) is 0 Å². The predicted octanol–water partition coefficient (Wildman–Crippen LogP) is 3.69. The number of aromatic nitrogens is 2. The maximum absolute atomic E-state index is 13.7. The molecule has 2 heterocycles. The first-order valence-corrected chi connectivity index (χ1v) is 8.56. The molecule has 6 nitrogen and oxygen atoms in total. The molecule has 0 radical (unpaired) electrons. The molecular formula is C18H21F3N4O2. The second-order valence-electron chi connectivity index (χ2n) is 6.75. The van der Waals surface area contributed by atoms with E-state index >= 15 is 0 Å². The highest BCUT2D eigenvalue weighted by Crippen LogP contribution is 2.44. The van der Waals surface area contributed by atoms with Crippen LogP contribution in [0.15, 0.2) is 30.5 Å². The molecule has 3 rings (SSSR count). The molecule has 0 unspecified atom stereocenters. The zero-order chi connectivity index (χ0) is 19.8. The van der Waals surface area contributed by atoms with Gasteiger partial charge in [-0.15, -0.1) is 0 Å². The van der Waals surface area contributed by atoms with Crippen molar-refractivity contribution in [1.82, 2.24) is 15.1 Å². The maximum atomic E-state index is 13.7. The second kappa shape index (κ2) is 7.13. The number of rotatable bonds is 4. The topological polar surface area (TPSA) is 68.2 Å². The third kappa shape index (κ3) is 3.86. The fourth-order valence-electron chi connectivity index (χ4n) is 3.15. The molecule has 0 saturated carbocycles. The van der Waals surface area contributed by atoms with E-state index < -0.39 is 24.2 Å². The molecule has 2 N–H and O–H groups in total. The number of methoxy groups -OCH3 is 1. The van der Waals surface area contributed by atoms with Gasteiger partial charge in [0.1, 0.15) is 17.1 Å². The van der Waals surface area contributed by atoms with E-state index in [2.05, 4.69) is 15.7 Å². The Balaban J connectivity index is 2.02. The van der Waals surface area contributed by atoms with Crippen LogP contribution in [0.25, 0.3) is 0 Å². The monoisotopic (exact) mass is 382 g/mol. The van der Waals surface area contributed by atoms with Crippen LogP contribution in [0.2, 0.25) is 0 Å². The van der Waals surface area contributed by atoms with Gasteiger partial charge in [-0.25, -0.2) is 4.68 Å². The van der Waals surface area contributed by atoms with Gasteiger partial charge in [0.15, 0.2) is 6.04 Å². The Morgan fingerprint density at radius 3 is 2.78 bits per heavy atom. The number of nitrogens with one attached hydrogen (secondary N) is 2. The summed E-state index contributed by atoms with van der Waals surface area (Å²) in [6, 6.07) is 4.24. The van der Waals surface area contributed by atoms with Gasteiger partial charge in [0.25, 0.3) is 5.91 Å². The van der Waals surface area contributed by atoms with Crippen LogP contribution >= 0.6 is 0 Å². The summed E-state index contributed by atoms with van der Waals surface area (Å²) in [6.07, 6.45) is -3.56. The number of ether oxygens (including phenoxy) is 1. The average Bonchev–Trinajstić information content (AvgIpc) is 3.03. The van der Waals surface area contributed by atoms with Crippen LogP contribution in [-0.4, -0.2) is 35.0 Å². The Bertz CT molecular complexity index is 832. The summed E-state index contributed by atoms with van der Waals surface area (Å²) in [6.45, 7) is 3.55. The summed E-state index contributed by atoms with van der Waals surface area (Å²) >= 11 is 0. The van der Waals surface area contributed by atoms with Crippen molar-refractivity contribution in [3.8, 4) is 5.75 Å². The quantitative estimate of drug-likeness (QED) is 0.846. The highest BCUT2D eigenvalue weighted by Gasteiger charge is 2.47. The number of hydrogen-bond acceptors (Lipinski definition) is 4. The number of hydrogen-bond donors (Lipinski definition) is 2. The summed E-state index contributed by atoms with van der Waals surface area (Å²) < 4.78 is 47.0. The van der Waals surface area contributed by atoms with Crippen molar-refractivity contribution in [3.05, 3.63) is 41.6 Å². The first-order chi connectivity index (χ1) is 12.7. The minimum atomic E-state index is -4.49. The van der Waals surface area contributed by atoms with Crippen LogP contribution in [0, 0.1) is 0 Å². The van der Waals surface area contributed by atoms with Crippen molar-refractivity contribution >= 4 is 11.7 Å². The molecule has 2 aromatic rings. The molecule has 0 fully saturated rings. The van der Waals surface area contributed by atoms with Gasteiger partial charge in [-0.1, -0.05) is 12.1 Å². The lowest BCUT2D eigenvalue weighted by Crippen LogP contribution is -2.37. The molecule has 1 aliphatic heterocycles. The number of fused-ring (bicyclic) bond motifs is 1. The summed E-state index contributed by atoms with van der Waals surface area (Å²) in [4.78, 5) is 12.4. The lowest BCUT2D eigenvalue weighted by atomic mass is 9.96. The zero-order valence-electron chi connectivity index (χ0n) is 15.2. The molecule has 1 aromatic carbocycles. The van der Waals surface area contributed by atoms with Crippen molar-refractivity contribution in [2.45, 2.75) is 44.6 Å². The third-order valence-corrected chi connectivity index (χ3v) is 4.40. The lowest BCUT2D eigenvalue weighted by molar-refractivity contribution is -0.173. The van der Waals surface area contributed by atoms with E-state index in [1.165, 1.54) is 13.3 Å². The van der Waals surface area contributed by atoms with Gasteiger partial charge in [-0.3, -0.25) is 4.79 Å². The molecule has 1 aliphatic rings. The Kier molecular flexibility index (Phi) is 5.03. The Labute approximate surface area is 154 Å². The zero-order valence-corrected chi connectivity index (χ0v) is 15.2. The molecule has 146 valence electrons. The SMILES string of the molecule is COc1cccc([C@H]2C[C@H](C(F)(F)F)n3ncc(C(=O)NC(C)C)c3N2)c1. The molecule has 0 saturated heterocycles. The van der Waals surface area contributed by atoms with E-state index in [-0.39, 0.29) is 23.8 Å². The third-order valence-electron chi connectivity index (χ3n) is 4.40. The van der Waals surface area contributed by atoms with E-state index in [0.29, 0.717) is 11.3 Å². The Morgan fingerprint density at radius 1 is 1.41 bits per heavy atom. The number of anilines is 1. The summed E-state index contributed by atoms with van der Waals surface area (Å²) in [5, 5.41) is 9.59. The van der Waals surface area contributed by atoms with Gasteiger partial charge in [0, 0.05) is 12.5 Å². The Hall–Kier alpha value is -2.71. The molecule has 2 atom stereocenters. The lowest BCUT2D eigenvalue weighted by Gasteiger charge is -2.34. The summed E-state index contributed by atoms with van der Waals surface area (Å²) in [5.74, 6) is 0.148. The minimum Gasteiger partial charge on any atom is -0.497 e. The van der Waals surface area contributed by atoms with Crippen LogP contribution in [0.1, 0.15) is 48.3 Å². The Morgan fingerprint density at radius 2 is 2.15 bits per heavy atom. The molecular weight excluding hydrogens is 361 g/mol. The van der Waals surface area contributed by atoms with Crippen LogP contribution in [0.4, 0.5) is 19.0 Å². The fraction of sp³-hybridized carbons (Fsp3) is 0.444. The number of nitrogens with zero attached hydrogens (tertiary/aromatic N) is 2. The van der Waals surface area contributed by atoms with Gasteiger partial charge < -0.3 is 15.4 Å². The van der Waals surface area contributed by atoms with Crippen LogP contribution < -0.4 is 15.4 Å². The van der Waals surface area contributed by atoms with Crippen molar-refractivity contribution in [2.24, 2.45) is 0 Å². The molecule has 1 amide bonds. The van der Waals surface area contributed by atoms with Gasteiger partial charge >= 0.3 is 6.18 Å². The number of halogens is 3. The van der Waals surface area contributed by atoms with E-state index in [9.17, 15) is 18.0 Å². The standard InChI is InChI=1S/C18H21F3N4O2/c1-10(2)23-17(26)13-9-22-25-15(18(19,20)21)8-14(24-16(13)25)11-5-4-6-12(7-11)27-3/h4-7,9-10,14-15,24H,8H2,1-3H3,(H,23,26)/t14-,15-/m1/s1. The highest BCUT2D eigenvalue weighted by molar-refractivity contribution is 5.99. The highest BCUT2D eigenvalue weighted by atomic mass is 19.4. The number of alkyl halides is 3. The van der Waals surface area contributed by atoms with Gasteiger partial charge in [0.05, 0.1) is 19.3 Å². The van der Waals surface area contributed by atoms with Gasteiger partial charge in [-0.05, 0) is 31.5 Å². The average molecular weight is 382 g/mol. The van der Waals surface area contributed by atoms with E-state index in [1.54, 1.807) is 38.1 Å². The number of carbonyl (C=O) groups excluding carboxylic acids is 1. The number of benzene rings is 1. The van der Waals surface area contributed by atoms with Crippen molar-refractivity contribution in [2.75, 3.05) is 12.4 Å². The van der Waals surface area contributed by atoms with Gasteiger partial charge in [-0.2, -0.15) is 18.3 Å². The predicted molar refractivity (Wildman–Crippen MR) is 93.9 cm³/mol. The normalized spacial score (nSPS) is 19.4. The minimum absolute atomic E-state index is 0.0644. The van der Waals surface area contributed by atoms with Crippen molar-refractivity contribution < 1.29 is 22.7 Å². The smallest absolute Gasteiger partial charge is 0.410 e. The summed E-state index contributed by atoms with van der Waals surface area (Å²) in [7, 11) is 1.50. The van der Waals surface area contributed by atoms with E-state index in [0.717, 1.165) is 4.68 Å². The molecule has 27 heavy (non-hydrogen) atoms. The molecule has 0 spiro atoms. The van der Waals surface area contributed by atoms with Crippen molar-refractivity contribution in [1.29, 1.82) is 0 Å². The molecule has 9 heteroatoms. The summed E-state index contributed by atoms with van der Waals surface area (Å²) in [5.41, 5.74) is 0.733. The largest absolute Gasteiger partial charge is 0.497 e. The van der Waals surface area contributed by atoms with Crippen LogP contribution in [-0.2, 0) is 0 Å². The maximum Gasteiger partial charge on any atom is 0.410 e. The molecule has 0 aliphatic carbocycles. The van der Waals surface area contributed by atoms with E-state index in [1.807, 2.05) is 0 Å². The number of amides is 1. The van der Waals surface area contributed by atoms with Crippen LogP contribution in [0.3, 0.4) is 0 Å². The first kappa shape index (κ1) is 19.1. The molecule has 1 aromatic heterocycles. The second-order valence-corrected chi connectivity index (χ2v) is 6.75. The van der Waals surface area contributed by atoms with E-state index in [4.69, 9.17) is 4.74 Å². The first-order valence-electron chi connectivity index (χ1n) is 8.56. The van der Waals surface area contributed by atoms with Gasteiger partial charge in [0.2, 0.25) is 0 Å². The number of carbonyl (C=O) groups is 1. The fourth-order valence-corrected chi connectivity index (χ4v) is 3.15.